The molecule has 1 aromatic heterocycles. The molecule has 1 atom stereocenters. The van der Waals surface area contributed by atoms with E-state index in [1.54, 1.807) is 31.1 Å². The van der Waals surface area contributed by atoms with E-state index >= 15 is 0 Å². The first-order valence-corrected chi connectivity index (χ1v) is 8.27. The zero-order valence-electron chi connectivity index (χ0n) is 15.4. The number of hydrogen-bond donors (Lipinski definition) is 1. The van der Waals surface area contributed by atoms with Crippen LogP contribution in [0.2, 0.25) is 0 Å². The summed E-state index contributed by atoms with van der Waals surface area (Å²) in [5.41, 5.74) is -0.779. The predicted molar refractivity (Wildman–Crippen MR) is 91.9 cm³/mol. The fourth-order valence-electron chi connectivity index (χ4n) is 2.53. The number of rotatable bonds is 2. The van der Waals surface area contributed by atoms with Gasteiger partial charge in [0.2, 0.25) is 5.95 Å². The zero-order chi connectivity index (χ0) is 18.1. The Kier molecular flexibility index (Phi) is 5.03. The molecular weight excluding hydrogens is 308 g/mol. The standard InChI is InChI=1S/C17H28N4O3/c1-12-11-20(15(22)24-16(2,3)4)7-8-21(12)14-18-9-13(10-19-14)17(5,6)23/h9-10,12,23H,7-8,11H2,1-6H3/t12-/m1/s1. The maximum absolute atomic E-state index is 12.2. The molecule has 1 amide bonds. The third-order valence-electron chi connectivity index (χ3n) is 3.88. The van der Waals surface area contributed by atoms with Crippen molar-refractivity contribution in [1.82, 2.24) is 14.9 Å². The highest BCUT2D eigenvalue weighted by Gasteiger charge is 2.31. The number of carbonyl (C=O) groups excluding carboxylic acids is 1. The fraction of sp³-hybridized carbons (Fsp3) is 0.706. The van der Waals surface area contributed by atoms with E-state index in [4.69, 9.17) is 4.74 Å². The summed E-state index contributed by atoms with van der Waals surface area (Å²) in [7, 11) is 0. The van der Waals surface area contributed by atoms with Crippen LogP contribution in [0.5, 0.6) is 0 Å². The topological polar surface area (TPSA) is 78.8 Å². The second-order valence-electron chi connectivity index (χ2n) is 7.80. The number of ether oxygens (including phenoxy) is 1. The normalized spacial score (nSPS) is 19.4. The van der Waals surface area contributed by atoms with E-state index in [0.29, 0.717) is 31.1 Å². The van der Waals surface area contributed by atoms with Gasteiger partial charge in [-0.15, -0.1) is 0 Å². The molecule has 7 nitrogen and oxygen atoms in total. The summed E-state index contributed by atoms with van der Waals surface area (Å²) in [5.74, 6) is 0.610. The largest absolute Gasteiger partial charge is 0.444 e. The molecule has 1 aliphatic heterocycles. The second-order valence-corrected chi connectivity index (χ2v) is 7.80. The Bertz CT molecular complexity index is 575. The average molecular weight is 336 g/mol. The van der Waals surface area contributed by atoms with Crippen LogP contribution in [-0.2, 0) is 10.3 Å². The summed E-state index contributed by atoms with van der Waals surface area (Å²) < 4.78 is 5.43. The molecule has 0 bridgehead atoms. The summed E-state index contributed by atoms with van der Waals surface area (Å²) in [6.45, 7) is 12.8. The Morgan fingerprint density at radius 1 is 1.21 bits per heavy atom. The van der Waals surface area contributed by atoms with E-state index in [9.17, 15) is 9.90 Å². The number of aromatic nitrogens is 2. The van der Waals surface area contributed by atoms with Crippen molar-refractivity contribution < 1.29 is 14.6 Å². The minimum atomic E-state index is -0.959. The molecule has 2 rings (SSSR count). The van der Waals surface area contributed by atoms with Gasteiger partial charge >= 0.3 is 6.09 Å². The van der Waals surface area contributed by atoms with Gasteiger partial charge in [-0.3, -0.25) is 0 Å². The van der Waals surface area contributed by atoms with Gasteiger partial charge in [-0.25, -0.2) is 14.8 Å². The molecule has 0 unspecified atom stereocenters. The van der Waals surface area contributed by atoms with Crippen LogP contribution in [0.1, 0.15) is 47.1 Å². The molecule has 1 saturated heterocycles. The highest BCUT2D eigenvalue weighted by atomic mass is 16.6. The molecule has 2 heterocycles. The molecule has 1 N–H and O–H groups in total. The minimum absolute atomic E-state index is 0.0826. The Labute approximate surface area is 143 Å². The summed E-state index contributed by atoms with van der Waals surface area (Å²) in [5, 5.41) is 9.98. The first-order valence-electron chi connectivity index (χ1n) is 8.27. The summed E-state index contributed by atoms with van der Waals surface area (Å²) >= 11 is 0. The lowest BCUT2D eigenvalue weighted by molar-refractivity contribution is 0.0217. The monoisotopic (exact) mass is 336 g/mol. The summed E-state index contributed by atoms with van der Waals surface area (Å²) in [6.07, 6.45) is 3.01. The van der Waals surface area contributed by atoms with E-state index < -0.39 is 11.2 Å². The number of nitrogens with zero attached hydrogens (tertiary/aromatic N) is 4. The predicted octanol–water partition coefficient (Wildman–Crippen LogP) is 2.15. The van der Waals surface area contributed by atoms with Gasteiger partial charge in [0.05, 0.1) is 5.60 Å². The molecule has 0 aromatic carbocycles. The van der Waals surface area contributed by atoms with E-state index in [1.165, 1.54) is 0 Å². The lowest BCUT2D eigenvalue weighted by atomic mass is 10.0. The molecule has 24 heavy (non-hydrogen) atoms. The molecule has 1 fully saturated rings. The second kappa shape index (κ2) is 6.55. The first kappa shape index (κ1) is 18.4. The minimum Gasteiger partial charge on any atom is -0.444 e. The third kappa shape index (κ3) is 4.56. The molecule has 1 aliphatic rings. The van der Waals surface area contributed by atoms with Crippen LogP contribution in [0.3, 0.4) is 0 Å². The van der Waals surface area contributed by atoms with Crippen molar-refractivity contribution in [2.24, 2.45) is 0 Å². The van der Waals surface area contributed by atoms with Gasteiger partial charge in [0.1, 0.15) is 5.60 Å². The Morgan fingerprint density at radius 3 is 2.25 bits per heavy atom. The van der Waals surface area contributed by atoms with Crippen molar-refractivity contribution in [2.75, 3.05) is 24.5 Å². The fourth-order valence-corrected chi connectivity index (χ4v) is 2.53. The third-order valence-corrected chi connectivity index (χ3v) is 3.88. The number of hydrogen-bond acceptors (Lipinski definition) is 6. The molecule has 0 saturated carbocycles. The van der Waals surface area contributed by atoms with Crippen molar-refractivity contribution in [3.05, 3.63) is 18.0 Å². The van der Waals surface area contributed by atoms with E-state index in [0.717, 1.165) is 0 Å². The van der Waals surface area contributed by atoms with Crippen molar-refractivity contribution in [2.45, 2.75) is 58.8 Å². The average Bonchev–Trinajstić information content (AvgIpc) is 2.44. The van der Waals surface area contributed by atoms with Gasteiger partial charge in [0.25, 0.3) is 0 Å². The lowest BCUT2D eigenvalue weighted by Crippen LogP contribution is -2.55. The van der Waals surface area contributed by atoms with Crippen molar-refractivity contribution >= 4 is 12.0 Å². The smallest absolute Gasteiger partial charge is 0.410 e. The molecule has 7 heteroatoms. The van der Waals surface area contributed by atoms with Crippen LogP contribution in [-0.4, -0.2) is 57.3 Å². The lowest BCUT2D eigenvalue weighted by Gasteiger charge is -2.40. The van der Waals surface area contributed by atoms with Crippen LogP contribution < -0.4 is 4.90 Å². The van der Waals surface area contributed by atoms with Crippen LogP contribution in [0, 0.1) is 0 Å². The van der Waals surface area contributed by atoms with E-state index in [1.807, 2.05) is 27.7 Å². The van der Waals surface area contributed by atoms with Gasteiger partial charge in [-0.05, 0) is 41.5 Å². The molecule has 0 aliphatic carbocycles. The SMILES string of the molecule is C[C@@H]1CN(C(=O)OC(C)(C)C)CCN1c1ncc(C(C)(C)O)cn1. The van der Waals surface area contributed by atoms with Crippen molar-refractivity contribution in [3.8, 4) is 0 Å². The number of aliphatic hydroxyl groups is 1. The van der Waals surface area contributed by atoms with Gasteiger partial charge in [0.15, 0.2) is 0 Å². The molecule has 134 valence electrons. The Balaban J connectivity index is 2.02. The number of piperazine rings is 1. The van der Waals surface area contributed by atoms with E-state index in [-0.39, 0.29) is 12.1 Å². The highest BCUT2D eigenvalue weighted by molar-refractivity contribution is 5.68. The molecule has 1 aromatic rings. The summed E-state index contributed by atoms with van der Waals surface area (Å²) in [4.78, 5) is 24.7. The van der Waals surface area contributed by atoms with Crippen molar-refractivity contribution in [1.29, 1.82) is 0 Å². The van der Waals surface area contributed by atoms with Crippen LogP contribution in [0.15, 0.2) is 12.4 Å². The quantitative estimate of drug-likeness (QED) is 0.891. The number of amides is 1. The maximum Gasteiger partial charge on any atom is 0.410 e. The number of anilines is 1. The van der Waals surface area contributed by atoms with Crippen molar-refractivity contribution in [3.63, 3.8) is 0 Å². The van der Waals surface area contributed by atoms with Crippen LogP contribution in [0.4, 0.5) is 10.7 Å². The van der Waals surface area contributed by atoms with Gasteiger partial charge in [-0.2, -0.15) is 0 Å². The van der Waals surface area contributed by atoms with E-state index in [2.05, 4.69) is 14.9 Å². The summed E-state index contributed by atoms with van der Waals surface area (Å²) in [6, 6.07) is 0.0826. The van der Waals surface area contributed by atoms with Gasteiger partial charge in [-0.1, -0.05) is 0 Å². The van der Waals surface area contributed by atoms with Gasteiger partial charge in [0, 0.05) is 43.6 Å². The Hall–Kier alpha value is -1.89. The first-order chi connectivity index (χ1) is 11.0. The van der Waals surface area contributed by atoms with Gasteiger partial charge < -0.3 is 19.6 Å². The van der Waals surface area contributed by atoms with Crippen LogP contribution >= 0.6 is 0 Å². The molecular formula is C17H28N4O3. The zero-order valence-corrected chi connectivity index (χ0v) is 15.4. The molecule has 0 spiro atoms. The van der Waals surface area contributed by atoms with Crippen LogP contribution in [0.25, 0.3) is 0 Å². The Morgan fingerprint density at radius 2 is 1.79 bits per heavy atom. The highest BCUT2D eigenvalue weighted by Crippen LogP contribution is 2.21. The maximum atomic E-state index is 12.2. The molecule has 0 radical (unpaired) electrons. The number of carbonyl (C=O) groups is 1.